The topological polar surface area (TPSA) is 83.6 Å². The molecule has 1 aliphatic rings. The van der Waals surface area contributed by atoms with E-state index in [1.807, 2.05) is 12.1 Å². The Labute approximate surface area is 178 Å². The summed E-state index contributed by atoms with van der Waals surface area (Å²) in [7, 11) is -4.02. The Bertz CT molecular complexity index is 1080. The van der Waals surface area contributed by atoms with Crippen LogP contribution in [-0.4, -0.2) is 37.2 Å². The van der Waals surface area contributed by atoms with Crippen molar-refractivity contribution in [1.82, 2.24) is 9.62 Å². The molecule has 30 heavy (non-hydrogen) atoms. The van der Waals surface area contributed by atoms with Gasteiger partial charge >= 0.3 is 0 Å². The first kappa shape index (κ1) is 22.0. The summed E-state index contributed by atoms with van der Waals surface area (Å²) >= 11 is 0. The highest BCUT2D eigenvalue weighted by Crippen LogP contribution is 2.33. The number of hydrogen-bond acceptors (Lipinski definition) is 4. The fraction of sp³-hybridized carbons (Fsp3) is 0.391. The first-order chi connectivity index (χ1) is 13.9. The summed E-state index contributed by atoms with van der Waals surface area (Å²) in [6.07, 6.45) is 0.397. The minimum absolute atomic E-state index is 0.0311. The summed E-state index contributed by atoms with van der Waals surface area (Å²) in [4.78, 5) is 27.4. The number of likely N-dealkylation sites (tertiary alicyclic amines) is 1. The van der Waals surface area contributed by atoms with E-state index in [1.54, 1.807) is 44.2 Å². The summed E-state index contributed by atoms with van der Waals surface area (Å²) in [5.74, 6) is -0.982. The van der Waals surface area contributed by atoms with Gasteiger partial charge in [0, 0.05) is 12.1 Å². The molecule has 1 aliphatic heterocycles. The van der Waals surface area contributed by atoms with Crippen molar-refractivity contribution < 1.29 is 18.0 Å². The van der Waals surface area contributed by atoms with Crippen molar-refractivity contribution >= 4 is 21.8 Å². The molecule has 3 rings (SSSR count). The number of nitrogens with one attached hydrogen (secondary N) is 1. The molecule has 0 aliphatic carbocycles. The van der Waals surface area contributed by atoms with Gasteiger partial charge in [-0.3, -0.25) is 9.59 Å². The van der Waals surface area contributed by atoms with Gasteiger partial charge in [-0.2, -0.15) is 0 Å². The van der Waals surface area contributed by atoms with Crippen LogP contribution in [0, 0.1) is 6.92 Å². The van der Waals surface area contributed by atoms with Gasteiger partial charge < -0.3 is 4.90 Å². The Morgan fingerprint density at radius 1 is 1.03 bits per heavy atom. The van der Waals surface area contributed by atoms with E-state index in [0.717, 1.165) is 5.56 Å². The van der Waals surface area contributed by atoms with Crippen molar-refractivity contribution in [3.63, 3.8) is 0 Å². The quantitative estimate of drug-likeness (QED) is 0.809. The summed E-state index contributed by atoms with van der Waals surface area (Å²) in [6.45, 7) is 9.94. The molecule has 1 fully saturated rings. The highest BCUT2D eigenvalue weighted by atomic mass is 32.2. The zero-order valence-electron chi connectivity index (χ0n) is 18.0. The number of benzene rings is 2. The second-order valence-electron chi connectivity index (χ2n) is 9.01. The molecule has 160 valence electrons. The van der Waals surface area contributed by atoms with Crippen LogP contribution in [0.15, 0.2) is 53.4 Å². The smallest absolute Gasteiger partial charge is 0.264 e. The van der Waals surface area contributed by atoms with Crippen LogP contribution in [0.5, 0.6) is 0 Å². The molecular formula is C23H28N2O4S. The Morgan fingerprint density at radius 2 is 1.63 bits per heavy atom. The molecule has 0 saturated carbocycles. The van der Waals surface area contributed by atoms with E-state index in [2.05, 4.69) is 25.5 Å². The van der Waals surface area contributed by atoms with Gasteiger partial charge in [0.15, 0.2) is 0 Å². The van der Waals surface area contributed by atoms with Gasteiger partial charge in [-0.25, -0.2) is 13.1 Å². The minimum Gasteiger partial charge on any atom is -0.324 e. The molecule has 1 atom stereocenters. The number of carbonyl (C=O) groups excluding carboxylic acids is 2. The number of sulfonamides is 1. The van der Waals surface area contributed by atoms with Gasteiger partial charge in [-0.05, 0) is 55.0 Å². The van der Waals surface area contributed by atoms with Crippen LogP contribution < -0.4 is 4.72 Å². The summed E-state index contributed by atoms with van der Waals surface area (Å²) in [5.41, 5.74) is 0.881. The van der Waals surface area contributed by atoms with E-state index in [-0.39, 0.29) is 16.2 Å². The van der Waals surface area contributed by atoms with Gasteiger partial charge in [0.25, 0.3) is 21.8 Å². The normalized spacial score (nSPS) is 19.2. The van der Waals surface area contributed by atoms with Crippen molar-refractivity contribution in [3.05, 3.63) is 65.2 Å². The standard InChI is InChI=1S/C23H28N2O4S/c1-16-8-6-7-9-19(16)30(28,29)24-21(27)23(5)14-15-25(23)20(26)17-10-12-18(13-11-17)22(2,3)4/h6-13H,14-15H2,1-5H3,(H,24,27). The lowest BCUT2D eigenvalue weighted by Crippen LogP contribution is -2.67. The first-order valence-corrected chi connectivity index (χ1v) is 11.4. The Hall–Kier alpha value is -2.67. The minimum atomic E-state index is -4.02. The van der Waals surface area contributed by atoms with E-state index < -0.39 is 21.5 Å². The number of carbonyl (C=O) groups is 2. The van der Waals surface area contributed by atoms with Crippen LogP contribution in [0.3, 0.4) is 0 Å². The van der Waals surface area contributed by atoms with Crippen molar-refractivity contribution in [2.24, 2.45) is 0 Å². The van der Waals surface area contributed by atoms with Crippen molar-refractivity contribution in [3.8, 4) is 0 Å². The Morgan fingerprint density at radius 3 is 2.13 bits per heavy atom. The van der Waals surface area contributed by atoms with Crippen LogP contribution in [-0.2, 0) is 20.2 Å². The maximum atomic E-state index is 13.0. The van der Waals surface area contributed by atoms with Gasteiger partial charge in [0.05, 0.1) is 4.90 Å². The highest BCUT2D eigenvalue weighted by molar-refractivity contribution is 7.90. The van der Waals surface area contributed by atoms with Gasteiger partial charge in [0.1, 0.15) is 5.54 Å². The van der Waals surface area contributed by atoms with Gasteiger partial charge in [-0.1, -0.05) is 51.1 Å². The lowest BCUT2D eigenvalue weighted by atomic mass is 9.84. The molecule has 2 amide bonds. The second-order valence-corrected chi connectivity index (χ2v) is 10.7. The third-order valence-electron chi connectivity index (χ3n) is 5.76. The van der Waals surface area contributed by atoms with E-state index in [1.165, 1.54) is 11.0 Å². The summed E-state index contributed by atoms with van der Waals surface area (Å²) in [5, 5.41) is 0. The molecule has 1 heterocycles. The van der Waals surface area contributed by atoms with Crippen LogP contribution >= 0.6 is 0 Å². The lowest BCUT2D eigenvalue weighted by molar-refractivity contribution is -0.135. The fourth-order valence-electron chi connectivity index (χ4n) is 3.53. The molecule has 0 radical (unpaired) electrons. The number of aryl methyl sites for hydroxylation is 1. The van der Waals surface area contributed by atoms with Crippen molar-refractivity contribution in [2.75, 3.05) is 6.54 Å². The molecule has 2 aromatic rings. The molecule has 0 spiro atoms. The number of amides is 2. The number of nitrogens with zero attached hydrogens (tertiary/aromatic N) is 1. The van der Waals surface area contributed by atoms with Crippen LogP contribution in [0.2, 0.25) is 0 Å². The maximum absolute atomic E-state index is 13.0. The Balaban J connectivity index is 1.79. The molecule has 0 aromatic heterocycles. The van der Waals surface area contributed by atoms with Crippen molar-refractivity contribution in [1.29, 1.82) is 0 Å². The van der Waals surface area contributed by atoms with E-state index in [4.69, 9.17) is 0 Å². The summed E-state index contributed by atoms with van der Waals surface area (Å²) < 4.78 is 27.5. The molecule has 6 nitrogen and oxygen atoms in total. The van der Waals surface area contributed by atoms with E-state index in [9.17, 15) is 18.0 Å². The predicted molar refractivity (Wildman–Crippen MR) is 116 cm³/mol. The lowest BCUT2D eigenvalue weighted by Gasteiger charge is -2.48. The average molecular weight is 429 g/mol. The molecule has 1 unspecified atom stereocenters. The van der Waals surface area contributed by atoms with Crippen molar-refractivity contribution in [2.45, 2.75) is 56.9 Å². The second kappa shape index (κ2) is 7.54. The van der Waals surface area contributed by atoms with Crippen LogP contribution in [0.1, 0.15) is 55.6 Å². The van der Waals surface area contributed by atoms with Gasteiger partial charge in [-0.15, -0.1) is 0 Å². The predicted octanol–water partition coefficient (Wildman–Crippen LogP) is 3.40. The maximum Gasteiger partial charge on any atom is 0.264 e. The molecule has 1 saturated heterocycles. The molecule has 1 N–H and O–H groups in total. The highest BCUT2D eigenvalue weighted by Gasteiger charge is 2.50. The third-order valence-corrected chi connectivity index (χ3v) is 7.25. The zero-order valence-corrected chi connectivity index (χ0v) is 18.8. The van der Waals surface area contributed by atoms with E-state index in [0.29, 0.717) is 24.1 Å². The fourth-order valence-corrected chi connectivity index (χ4v) is 4.86. The number of rotatable bonds is 4. The first-order valence-electron chi connectivity index (χ1n) is 9.92. The molecule has 7 heteroatoms. The monoisotopic (exact) mass is 428 g/mol. The van der Waals surface area contributed by atoms with Crippen LogP contribution in [0.25, 0.3) is 0 Å². The number of hydrogen-bond donors (Lipinski definition) is 1. The average Bonchev–Trinajstić information content (AvgIpc) is 2.65. The van der Waals surface area contributed by atoms with E-state index >= 15 is 0 Å². The zero-order chi connectivity index (χ0) is 22.3. The van der Waals surface area contributed by atoms with Gasteiger partial charge in [0.2, 0.25) is 0 Å². The summed E-state index contributed by atoms with van der Waals surface area (Å²) in [6, 6.07) is 13.8. The third kappa shape index (κ3) is 3.99. The molecule has 2 aromatic carbocycles. The SMILES string of the molecule is Cc1ccccc1S(=O)(=O)NC(=O)C1(C)CCN1C(=O)c1ccc(C(C)(C)C)cc1. The molecular weight excluding hydrogens is 400 g/mol. The molecule has 0 bridgehead atoms. The largest absolute Gasteiger partial charge is 0.324 e. The van der Waals surface area contributed by atoms with Crippen LogP contribution in [0.4, 0.5) is 0 Å². The Kier molecular flexibility index (Phi) is 5.54.